The third kappa shape index (κ3) is 2.81. The molecule has 4 aliphatic rings. The van der Waals surface area contributed by atoms with Gasteiger partial charge in [-0.15, -0.1) is 0 Å². The van der Waals surface area contributed by atoms with Gasteiger partial charge in [0.2, 0.25) is 0 Å². The Morgan fingerprint density at radius 3 is 2.43 bits per heavy atom. The van der Waals surface area contributed by atoms with Crippen LogP contribution in [0.15, 0.2) is 42.0 Å². The average Bonchev–Trinajstić information content (AvgIpc) is 3.03. The Labute approximate surface area is 187 Å². The molecule has 6 atom stereocenters. The van der Waals surface area contributed by atoms with Crippen LogP contribution in [0.2, 0.25) is 4.31 Å². The van der Waals surface area contributed by atoms with Crippen LogP contribution in [0.3, 0.4) is 0 Å². The molecule has 0 unspecified atom stereocenters. The van der Waals surface area contributed by atoms with Crippen molar-refractivity contribution >= 4 is 31.0 Å². The average molecular weight is 470 g/mol. The quantitative estimate of drug-likeness (QED) is 0.564. The van der Waals surface area contributed by atoms with Gasteiger partial charge in [-0.25, -0.2) is 0 Å². The van der Waals surface area contributed by atoms with E-state index in [1.807, 2.05) is 13.0 Å². The van der Waals surface area contributed by atoms with E-state index in [4.69, 9.17) is 0 Å². The van der Waals surface area contributed by atoms with Crippen molar-refractivity contribution in [1.82, 2.24) is 0 Å². The van der Waals surface area contributed by atoms with Crippen LogP contribution in [0.1, 0.15) is 72.1 Å². The number of hydrogen-bond donors (Lipinski definition) is 0. The van der Waals surface area contributed by atoms with Crippen LogP contribution >= 0.6 is 0 Å². The van der Waals surface area contributed by atoms with Crippen LogP contribution < -0.4 is 4.46 Å². The first kappa shape index (κ1) is 20.7. The third-order valence-corrected chi connectivity index (χ3v) is 13.5. The Morgan fingerprint density at radius 2 is 1.70 bits per heavy atom. The molecule has 0 saturated heterocycles. The van der Waals surface area contributed by atoms with Crippen molar-refractivity contribution in [2.75, 3.05) is 0 Å². The zero-order chi connectivity index (χ0) is 21.1. The van der Waals surface area contributed by atoms with E-state index >= 15 is 0 Å². The van der Waals surface area contributed by atoms with Crippen LogP contribution in [0, 0.1) is 28.6 Å². The van der Waals surface area contributed by atoms with Crippen LogP contribution in [-0.4, -0.2) is 26.5 Å². The second kappa shape index (κ2) is 7.17. The Morgan fingerprint density at radius 1 is 0.967 bits per heavy atom. The molecule has 0 amide bonds. The predicted octanol–water partition coefficient (Wildman–Crippen LogP) is 5.30. The van der Waals surface area contributed by atoms with E-state index in [1.165, 1.54) is 35.7 Å². The molecule has 160 valence electrons. The fourth-order valence-corrected chi connectivity index (χ4v) is 11.3. The Bertz CT molecular complexity index is 905. The van der Waals surface area contributed by atoms with Crippen molar-refractivity contribution in [3.05, 3.63) is 42.0 Å². The monoisotopic (exact) mass is 470 g/mol. The van der Waals surface area contributed by atoms with Gasteiger partial charge in [-0.3, -0.25) is 0 Å². The van der Waals surface area contributed by atoms with Gasteiger partial charge in [0.15, 0.2) is 0 Å². The topological polar surface area (TPSA) is 34.1 Å². The first-order valence-corrected chi connectivity index (χ1v) is 13.5. The summed E-state index contributed by atoms with van der Waals surface area (Å²) in [5.74, 6) is 2.83. The Balaban J connectivity index is 1.50. The summed E-state index contributed by atoms with van der Waals surface area (Å²) in [6, 6.07) is 10.8. The first-order chi connectivity index (χ1) is 14.3. The second-order valence-electron chi connectivity index (χ2n) is 10.8. The molecule has 30 heavy (non-hydrogen) atoms. The van der Waals surface area contributed by atoms with Gasteiger partial charge in [-0.2, -0.15) is 0 Å². The molecule has 5 rings (SSSR count). The number of carbonyl (C=O) groups excluding carboxylic acids is 2. The molecule has 0 N–H and O–H groups in total. The number of carbonyl (C=O) groups is 2. The van der Waals surface area contributed by atoms with E-state index in [0.717, 1.165) is 25.7 Å². The summed E-state index contributed by atoms with van der Waals surface area (Å²) in [5, 5.41) is 0. The SMILES string of the molecule is CC(=O)[C@@]1([Se]c2ccccc2)CC[C@H]2[C@@H]3CCC4=CC(=O)CC[C@]4(C)[C@H]3CC[C@@]21C. The number of rotatable bonds is 3. The molecule has 0 heterocycles. The van der Waals surface area contributed by atoms with Crippen LogP contribution in [-0.2, 0) is 9.59 Å². The number of Topliss-reactive ketones (excluding diaryl/α,β-unsaturated/α-hetero) is 1. The first-order valence-electron chi connectivity index (χ1n) is 11.8. The number of hydrogen-bond acceptors (Lipinski definition) is 2. The fraction of sp³-hybridized carbons (Fsp3) is 0.630. The van der Waals surface area contributed by atoms with Gasteiger partial charge in [0.25, 0.3) is 0 Å². The third-order valence-electron chi connectivity index (χ3n) is 9.69. The zero-order valence-corrected chi connectivity index (χ0v) is 20.3. The molecule has 1 aromatic rings. The summed E-state index contributed by atoms with van der Waals surface area (Å²) in [6.45, 7) is 6.80. The summed E-state index contributed by atoms with van der Waals surface area (Å²) in [7, 11) is 0. The summed E-state index contributed by atoms with van der Waals surface area (Å²) >= 11 is 0.178. The van der Waals surface area contributed by atoms with Crippen molar-refractivity contribution in [1.29, 1.82) is 0 Å². The molecule has 1 aromatic carbocycles. The number of fused-ring (bicyclic) bond motifs is 5. The van der Waals surface area contributed by atoms with E-state index in [0.29, 0.717) is 29.3 Å². The summed E-state index contributed by atoms with van der Waals surface area (Å²) in [5.41, 5.74) is 1.77. The molecule has 3 fully saturated rings. The van der Waals surface area contributed by atoms with Gasteiger partial charge < -0.3 is 0 Å². The molecular formula is C27H34O2Se. The molecule has 0 radical (unpaired) electrons. The number of ketones is 2. The summed E-state index contributed by atoms with van der Waals surface area (Å²) in [4.78, 5) is 25.4. The molecule has 0 aromatic heterocycles. The summed E-state index contributed by atoms with van der Waals surface area (Å²) in [6.07, 6.45) is 10.7. The van der Waals surface area contributed by atoms with E-state index in [9.17, 15) is 9.59 Å². The predicted molar refractivity (Wildman–Crippen MR) is 122 cm³/mol. The Hall–Kier alpha value is -1.18. The normalized spacial score (nSPS) is 42.7. The van der Waals surface area contributed by atoms with Gasteiger partial charge in [-0.1, -0.05) is 0 Å². The van der Waals surface area contributed by atoms with Gasteiger partial charge in [0, 0.05) is 0 Å². The van der Waals surface area contributed by atoms with Crippen molar-refractivity contribution in [3.63, 3.8) is 0 Å². The standard InChI is InChI=1S/C27H34O2Se/c1-18(28)27(30-21-7-5-4-6-8-21)16-13-24-22-10-9-19-17-20(29)11-14-25(19,2)23(22)12-15-26(24,27)3/h4-8,17,22-24H,9-16H2,1-3H3/t22-,23+,24+,25+,26+,27+/m1/s1. The van der Waals surface area contributed by atoms with Gasteiger partial charge >= 0.3 is 188 Å². The van der Waals surface area contributed by atoms with Crippen molar-refractivity contribution in [3.8, 4) is 0 Å². The van der Waals surface area contributed by atoms with E-state index in [1.54, 1.807) is 0 Å². The molecular weight excluding hydrogens is 435 g/mol. The molecule has 0 spiro atoms. The zero-order valence-electron chi connectivity index (χ0n) is 18.6. The molecule has 0 aliphatic heterocycles. The van der Waals surface area contributed by atoms with Gasteiger partial charge in [0.1, 0.15) is 0 Å². The van der Waals surface area contributed by atoms with E-state index in [2.05, 4.69) is 44.2 Å². The van der Waals surface area contributed by atoms with Crippen LogP contribution in [0.4, 0.5) is 0 Å². The maximum absolute atomic E-state index is 13.3. The fourth-order valence-electron chi connectivity index (χ4n) is 8.07. The van der Waals surface area contributed by atoms with Crippen molar-refractivity contribution < 1.29 is 9.59 Å². The molecule has 4 aliphatic carbocycles. The minimum atomic E-state index is -0.156. The number of allylic oxidation sites excluding steroid dienone is 1. The molecule has 3 saturated carbocycles. The maximum atomic E-state index is 13.3. The second-order valence-corrected chi connectivity index (χ2v) is 13.6. The van der Waals surface area contributed by atoms with Crippen molar-refractivity contribution in [2.45, 2.75) is 76.5 Å². The van der Waals surface area contributed by atoms with Gasteiger partial charge in [-0.05, 0) is 0 Å². The Kier molecular flexibility index (Phi) is 4.95. The number of benzene rings is 1. The molecule has 2 nitrogen and oxygen atoms in total. The van der Waals surface area contributed by atoms with Gasteiger partial charge in [0.05, 0.1) is 0 Å². The minimum absolute atomic E-state index is 0.123. The van der Waals surface area contributed by atoms with E-state index < -0.39 is 0 Å². The van der Waals surface area contributed by atoms with E-state index in [-0.39, 0.29) is 30.1 Å². The summed E-state index contributed by atoms with van der Waals surface area (Å²) < 4.78 is 1.21. The molecule has 0 bridgehead atoms. The van der Waals surface area contributed by atoms with Crippen molar-refractivity contribution in [2.24, 2.45) is 28.6 Å². The molecule has 3 heteroatoms. The van der Waals surface area contributed by atoms with Crippen LogP contribution in [0.5, 0.6) is 0 Å². The van der Waals surface area contributed by atoms with Crippen LogP contribution in [0.25, 0.3) is 0 Å².